The molecule has 1 saturated heterocycles. The Morgan fingerprint density at radius 2 is 1.82 bits per heavy atom. The fourth-order valence-electron chi connectivity index (χ4n) is 4.08. The molecule has 0 saturated carbocycles. The Labute approximate surface area is 203 Å². The van der Waals surface area contributed by atoms with E-state index < -0.39 is 0 Å². The third kappa shape index (κ3) is 5.07. The molecule has 1 amide bonds. The lowest BCUT2D eigenvalue weighted by Crippen LogP contribution is -2.32. The molecule has 176 valence electrons. The molecule has 0 bridgehead atoms. The van der Waals surface area contributed by atoms with E-state index in [1.807, 2.05) is 40.7 Å². The first-order valence-corrected chi connectivity index (χ1v) is 12.2. The van der Waals surface area contributed by atoms with E-state index in [-0.39, 0.29) is 23.5 Å². The van der Waals surface area contributed by atoms with Crippen LogP contribution in [0.3, 0.4) is 0 Å². The van der Waals surface area contributed by atoms with E-state index in [0.717, 1.165) is 24.2 Å². The highest BCUT2D eigenvalue weighted by Crippen LogP contribution is 2.34. The molecule has 2 aromatic carbocycles. The van der Waals surface area contributed by atoms with E-state index >= 15 is 0 Å². The minimum absolute atomic E-state index is 0.000426. The van der Waals surface area contributed by atoms with Gasteiger partial charge in [0.15, 0.2) is 16.8 Å². The highest BCUT2D eigenvalue weighted by molar-refractivity contribution is 7.99. The molecular weight excluding hydrogens is 448 g/mol. The number of carbonyl (C=O) groups is 2. The average Bonchev–Trinajstić information content (AvgIpc) is 3.50. The molecule has 0 spiro atoms. The Hall–Kier alpha value is -3.39. The van der Waals surface area contributed by atoms with Gasteiger partial charge in [0.2, 0.25) is 0 Å². The Morgan fingerprint density at radius 3 is 2.50 bits per heavy atom. The second-order valence-corrected chi connectivity index (χ2v) is 9.15. The molecule has 1 aromatic heterocycles. The summed E-state index contributed by atoms with van der Waals surface area (Å²) in [6.07, 6.45) is 3.51. The van der Waals surface area contributed by atoms with Crippen molar-refractivity contribution in [2.24, 2.45) is 0 Å². The minimum atomic E-state index is -0.159. The van der Waals surface area contributed by atoms with E-state index in [1.165, 1.54) is 11.8 Å². The Balaban J connectivity index is 1.51. The number of Topliss-reactive ketones (excluding diaryl/α,β-unsaturated/α-hetero) is 1. The van der Waals surface area contributed by atoms with Crippen LogP contribution in [0.25, 0.3) is 0 Å². The lowest BCUT2D eigenvalue weighted by atomic mass is 10.1. The molecule has 34 heavy (non-hydrogen) atoms. The van der Waals surface area contributed by atoms with Crippen LogP contribution in [0.4, 0.5) is 0 Å². The van der Waals surface area contributed by atoms with Crippen molar-refractivity contribution in [1.82, 2.24) is 19.7 Å². The van der Waals surface area contributed by atoms with E-state index in [0.29, 0.717) is 35.1 Å². The van der Waals surface area contributed by atoms with E-state index in [1.54, 1.807) is 37.5 Å². The summed E-state index contributed by atoms with van der Waals surface area (Å²) >= 11 is 1.34. The molecule has 0 N–H and O–H groups in total. The normalized spacial score (nSPS) is 15.4. The van der Waals surface area contributed by atoms with Crippen LogP contribution < -0.4 is 4.74 Å². The summed E-state index contributed by atoms with van der Waals surface area (Å²) in [4.78, 5) is 27.8. The van der Waals surface area contributed by atoms with Gasteiger partial charge in [-0.05, 0) is 56.2 Å². The fraction of sp³-hybridized carbons (Fsp3) is 0.308. The van der Waals surface area contributed by atoms with E-state index in [2.05, 4.69) is 16.8 Å². The number of amides is 1. The molecule has 1 unspecified atom stereocenters. The third-order valence-corrected chi connectivity index (χ3v) is 6.88. The predicted octanol–water partition coefficient (Wildman–Crippen LogP) is 4.73. The van der Waals surface area contributed by atoms with Gasteiger partial charge in [0.1, 0.15) is 5.75 Å². The molecule has 1 atom stereocenters. The van der Waals surface area contributed by atoms with Crippen molar-refractivity contribution in [2.75, 3.05) is 19.4 Å². The number of allylic oxidation sites excluding steroid dienone is 1. The summed E-state index contributed by atoms with van der Waals surface area (Å²) in [6.45, 7) is 7.05. The van der Waals surface area contributed by atoms with Crippen LogP contribution in [0.15, 0.2) is 66.3 Å². The smallest absolute Gasteiger partial charge is 0.254 e. The van der Waals surface area contributed by atoms with Crippen molar-refractivity contribution in [1.29, 1.82) is 0 Å². The number of aromatic nitrogens is 3. The zero-order chi connectivity index (χ0) is 24.1. The highest BCUT2D eigenvalue weighted by Gasteiger charge is 2.34. The zero-order valence-corrected chi connectivity index (χ0v) is 20.3. The number of carbonyl (C=O) groups excluding carboxylic acids is 2. The SMILES string of the molecule is C=CCn1c(SCC(=O)c2ccc(OC)cc2)nnc1C1CCCN1C(=O)c1ccc(C)cc1. The predicted molar refractivity (Wildman–Crippen MR) is 132 cm³/mol. The summed E-state index contributed by atoms with van der Waals surface area (Å²) in [5.74, 6) is 1.68. The first kappa shape index (κ1) is 23.8. The first-order chi connectivity index (χ1) is 16.5. The number of hydrogen-bond acceptors (Lipinski definition) is 6. The molecule has 4 rings (SSSR count). The van der Waals surface area contributed by atoms with Gasteiger partial charge in [-0.1, -0.05) is 35.5 Å². The average molecular weight is 477 g/mol. The molecular formula is C26H28N4O3S. The number of hydrogen-bond donors (Lipinski definition) is 0. The van der Waals surface area contributed by atoms with Gasteiger partial charge < -0.3 is 14.2 Å². The maximum atomic E-state index is 13.2. The first-order valence-electron chi connectivity index (χ1n) is 11.2. The van der Waals surface area contributed by atoms with E-state index in [9.17, 15) is 9.59 Å². The topological polar surface area (TPSA) is 77.3 Å². The van der Waals surface area contributed by atoms with Gasteiger partial charge in [-0.3, -0.25) is 9.59 Å². The second-order valence-electron chi connectivity index (χ2n) is 8.20. The maximum absolute atomic E-state index is 13.2. The number of methoxy groups -OCH3 is 1. The molecule has 1 aliphatic heterocycles. The van der Waals surface area contributed by atoms with Crippen LogP contribution >= 0.6 is 11.8 Å². The molecule has 2 heterocycles. The molecule has 1 aliphatic rings. The minimum Gasteiger partial charge on any atom is -0.497 e. The fourth-order valence-corrected chi connectivity index (χ4v) is 4.93. The van der Waals surface area contributed by atoms with Gasteiger partial charge >= 0.3 is 0 Å². The number of nitrogens with zero attached hydrogens (tertiary/aromatic N) is 4. The standard InChI is InChI=1S/C26H28N4O3S/c1-4-15-30-24(22-6-5-16-29(22)25(32)20-9-7-18(2)8-10-20)27-28-26(30)34-17-23(31)19-11-13-21(33-3)14-12-19/h4,7-14,22H,1,5-6,15-17H2,2-3H3. The Kier molecular flexibility index (Phi) is 7.47. The number of benzene rings is 2. The molecule has 3 aromatic rings. The number of rotatable bonds is 9. The largest absolute Gasteiger partial charge is 0.497 e. The van der Waals surface area contributed by atoms with Gasteiger partial charge in [0.25, 0.3) is 5.91 Å². The number of likely N-dealkylation sites (tertiary alicyclic amines) is 1. The Morgan fingerprint density at radius 1 is 1.12 bits per heavy atom. The summed E-state index contributed by atoms with van der Waals surface area (Å²) in [5, 5.41) is 9.47. The van der Waals surface area contributed by atoms with Gasteiger partial charge in [-0.25, -0.2) is 0 Å². The lowest BCUT2D eigenvalue weighted by Gasteiger charge is -2.24. The van der Waals surface area contributed by atoms with Crippen molar-refractivity contribution in [3.8, 4) is 5.75 Å². The maximum Gasteiger partial charge on any atom is 0.254 e. The highest BCUT2D eigenvalue weighted by atomic mass is 32.2. The van der Waals surface area contributed by atoms with E-state index in [4.69, 9.17) is 4.74 Å². The van der Waals surface area contributed by atoms with Crippen LogP contribution in [0.5, 0.6) is 5.75 Å². The summed E-state index contributed by atoms with van der Waals surface area (Å²) < 4.78 is 7.12. The third-order valence-electron chi connectivity index (χ3n) is 5.91. The van der Waals surface area contributed by atoms with Crippen molar-refractivity contribution >= 4 is 23.5 Å². The van der Waals surface area contributed by atoms with Crippen LogP contribution in [0, 0.1) is 6.92 Å². The van der Waals surface area contributed by atoms with Crippen LogP contribution in [-0.2, 0) is 6.54 Å². The number of ketones is 1. The Bertz CT molecular complexity index is 1170. The van der Waals surface area contributed by atoms with Crippen molar-refractivity contribution in [3.05, 3.63) is 83.7 Å². The molecule has 0 aliphatic carbocycles. The zero-order valence-electron chi connectivity index (χ0n) is 19.4. The number of thioether (sulfide) groups is 1. The molecule has 7 nitrogen and oxygen atoms in total. The van der Waals surface area contributed by atoms with Crippen molar-refractivity contribution in [3.63, 3.8) is 0 Å². The second kappa shape index (κ2) is 10.7. The quantitative estimate of drug-likeness (QED) is 0.252. The number of aryl methyl sites for hydroxylation is 1. The monoisotopic (exact) mass is 476 g/mol. The van der Waals surface area contributed by atoms with Crippen LogP contribution in [-0.4, -0.2) is 50.8 Å². The van der Waals surface area contributed by atoms with Crippen molar-refractivity contribution in [2.45, 2.75) is 37.5 Å². The van der Waals surface area contributed by atoms with Gasteiger partial charge in [0, 0.05) is 24.2 Å². The van der Waals surface area contributed by atoms with Crippen LogP contribution in [0.1, 0.15) is 51.0 Å². The summed E-state index contributed by atoms with van der Waals surface area (Å²) in [7, 11) is 1.59. The van der Waals surface area contributed by atoms with Crippen molar-refractivity contribution < 1.29 is 14.3 Å². The molecule has 1 fully saturated rings. The summed E-state index contributed by atoms with van der Waals surface area (Å²) in [5.41, 5.74) is 2.41. The van der Waals surface area contributed by atoms with Gasteiger partial charge in [-0.15, -0.1) is 16.8 Å². The van der Waals surface area contributed by atoms with Crippen LogP contribution in [0.2, 0.25) is 0 Å². The molecule has 8 heteroatoms. The molecule has 0 radical (unpaired) electrons. The summed E-state index contributed by atoms with van der Waals surface area (Å²) in [6, 6.07) is 14.5. The lowest BCUT2D eigenvalue weighted by molar-refractivity contribution is 0.0727. The van der Waals surface area contributed by atoms with Gasteiger partial charge in [-0.2, -0.15) is 0 Å². The van der Waals surface area contributed by atoms with Gasteiger partial charge in [0.05, 0.1) is 18.9 Å². The number of ether oxygens (including phenoxy) is 1.